The zero-order chi connectivity index (χ0) is 15.4. The molecule has 0 spiro atoms. The minimum absolute atomic E-state index is 0.00760. The van der Waals surface area contributed by atoms with E-state index >= 15 is 0 Å². The summed E-state index contributed by atoms with van der Waals surface area (Å²) in [7, 11) is 0. The zero-order valence-electron chi connectivity index (χ0n) is 13.7. The highest BCUT2D eigenvalue weighted by Crippen LogP contribution is 2.35. The third-order valence-corrected chi connectivity index (χ3v) is 5.49. The maximum atomic E-state index is 12.4. The number of hydrogen-bond donors (Lipinski definition) is 1. The van der Waals surface area contributed by atoms with Crippen LogP contribution in [0.3, 0.4) is 0 Å². The van der Waals surface area contributed by atoms with Crippen molar-refractivity contribution in [3.8, 4) is 0 Å². The maximum absolute atomic E-state index is 12.4. The first-order valence-electron chi connectivity index (χ1n) is 8.79. The number of rotatable bonds is 4. The minimum atomic E-state index is 0.00760. The molecule has 1 saturated heterocycles. The Morgan fingerprint density at radius 1 is 1.18 bits per heavy atom. The first kappa shape index (κ1) is 15.6. The summed E-state index contributed by atoms with van der Waals surface area (Å²) in [6.07, 6.45) is 11.9. The van der Waals surface area contributed by atoms with E-state index in [0.29, 0.717) is 11.3 Å². The van der Waals surface area contributed by atoms with Gasteiger partial charge in [0.15, 0.2) is 0 Å². The third-order valence-electron chi connectivity index (χ3n) is 5.49. The van der Waals surface area contributed by atoms with Crippen molar-refractivity contribution in [1.29, 1.82) is 0 Å². The lowest BCUT2D eigenvalue weighted by Crippen LogP contribution is -2.58. The van der Waals surface area contributed by atoms with Crippen LogP contribution in [0.1, 0.15) is 67.5 Å². The van der Waals surface area contributed by atoms with Gasteiger partial charge in [-0.2, -0.15) is 0 Å². The second-order valence-electron chi connectivity index (χ2n) is 6.91. The van der Waals surface area contributed by atoms with Crippen LogP contribution in [-0.4, -0.2) is 36.0 Å². The average Bonchev–Trinajstić information content (AvgIpc) is 3.00. The molecule has 0 bridgehead atoms. The summed E-state index contributed by atoms with van der Waals surface area (Å²) in [5.74, 6) is 0.710. The van der Waals surface area contributed by atoms with Gasteiger partial charge in [0, 0.05) is 12.1 Å². The predicted molar refractivity (Wildman–Crippen MR) is 87.0 cm³/mol. The summed E-state index contributed by atoms with van der Waals surface area (Å²) in [5.41, 5.74) is 0.857. The monoisotopic (exact) mass is 304 g/mol. The fraction of sp³-hybridized carbons (Fsp3) is 0.722. The Morgan fingerprint density at radius 3 is 2.50 bits per heavy atom. The van der Waals surface area contributed by atoms with Crippen LogP contribution in [0.5, 0.6) is 0 Å². The SMILES string of the molecule is Cc1occc1C(=O)NCC1(N2CCCCC2)CCCCC1. The number of carbonyl (C=O) groups is 1. The van der Waals surface area contributed by atoms with E-state index in [1.807, 2.05) is 6.92 Å². The molecule has 1 aliphatic heterocycles. The van der Waals surface area contributed by atoms with Crippen LogP contribution >= 0.6 is 0 Å². The molecule has 0 unspecified atom stereocenters. The molecule has 1 aromatic rings. The first-order chi connectivity index (χ1) is 10.7. The Hall–Kier alpha value is -1.29. The van der Waals surface area contributed by atoms with Gasteiger partial charge in [-0.3, -0.25) is 9.69 Å². The Balaban J connectivity index is 1.67. The van der Waals surface area contributed by atoms with Gasteiger partial charge in [-0.1, -0.05) is 25.7 Å². The van der Waals surface area contributed by atoms with E-state index in [1.54, 1.807) is 12.3 Å². The lowest BCUT2D eigenvalue weighted by Gasteiger charge is -2.48. The molecule has 1 aliphatic carbocycles. The number of nitrogens with zero attached hydrogens (tertiary/aromatic N) is 1. The van der Waals surface area contributed by atoms with Gasteiger partial charge in [-0.05, 0) is 51.8 Å². The number of aryl methyl sites for hydroxylation is 1. The fourth-order valence-corrected chi connectivity index (χ4v) is 4.14. The second-order valence-corrected chi connectivity index (χ2v) is 6.91. The normalized spacial score (nSPS) is 22.4. The molecular weight excluding hydrogens is 276 g/mol. The smallest absolute Gasteiger partial charge is 0.254 e. The molecule has 0 atom stereocenters. The van der Waals surface area contributed by atoms with Gasteiger partial charge in [0.2, 0.25) is 0 Å². The van der Waals surface area contributed by atoms with Crippen molar-refractivity contribution >= 4 is 5.91 Å². The van der Waals surface area contributed by atoms with Gasteiger partial charge >= 0.3 is 0 Å². The van der Waals surface area contributed by atoms with E-state index in [4.69, 9.17) is 4.42 Å². The predicted octanol–water partition coefficient (Wildman–Crippen LogP) is 3.51. The topological polar surface area (TPSA) is 45.5 Å². The summed E-state index contributed by atoms with van der Waals surface area (Å²) in [6.45, 7) is 5.01. The molecule has 1 aromatic heterocycles. The van der Waals surface area contributed by atoms with E-state index in [0.717, 1.165) is 6.54 Å². The van der Waals surface area contributed by atoms with Crippen molar-refractivity contribution < 1.29 is 9.21 Å². The molecule has 3 rings (SSSR count). The standard InChI is InChI=1S/C18H28N2O2/c1-15-16(8-13-22-15)17(21)19-14-18(9-4-2-5-10-18)20-11-6-3-7-12-20/h8,13H,2-7,9-12,14H2,1H3,(H,19,21). The molecule has 1 saturated carbocycles. The number of nitrogens with one attached hydrogen (secondary N) is 1. The summed E-state index contributed by atoms with van der Waals surface area (Å²) >= 11 is 0. The average molecular weight is 304 g/mol. The minimum Gasteiger partial charge on any atom is -0.469 e. The van der Waals surface area contributed by atoms with Crippen LogP contribution in [0.4, 0.5) is 0 Å². The van der Waals surface area contributed by atoms with Gasteiger partial charge < -0.3 is 9.73 Å². The molecule has 0 aromatic carbocycles. The van der Waals surface area contributed by atoms with Crippen LogP contribution in [-0.2, 0) is 0 Å². The summed E-state index contributed by atoms with van der Waals surface area (Å²) in [5, 5.41) is 3.19. The highest BCUT2D eigenvalue weighted by atomic mass is 16.3. The number of hydrogen-bond acceptors (Lipinski definition) is 3. The quantitative estimate of drug-likeness (QED) is 0.926. The molecule has 2 aliphatic rings. The van der Waals surface area contributed by atoms with Crippen molar-refractivity contribution in [2.45, 2.75) is 63.8 Å². The molecule has 0 radical (unpaired) electrons. The zero-order valence-corrected chi connectivity index (χ0v) is 13.7. The highest BCUT2D eigenvalue weighted by molar-refractivity contribution is 5.95. The highest BCUT2D eigenvalue weighted by Gasteiger charge is 2.38. The third kappa shape index (κ3) is 3.22. The molecule has 2 heterocycles. The number of amides is 1. The molecule has 122 valence electrons. The van der Waals surface area contributed by atoms with Gasteiger partial charge in [-0.25, -0.2) is 0 Å². The van der Waals surface area contributed by atoms with E-state index < -0.39 is 0 Å². The summed E-state index contributed by atoms with van der Waals surface area (Å²) in [4.78, 5) is 15.1. The van der Waals surface area contributed by atoms with Crippen molar-refractivity contribution in [2.24, 2.45) is 0 Å². The van der Waals surface area contributed by atoms with Crippen molar-refractivity contribution in [3.63, 3.8) is 0 Å². The summed E-state index contributed by atoms with van der Waals surface area (Å²) in [6, 6.07) is 1.76. The molecule has 2 fully saturated rings. The molecule has 22 heavy (non-hydrogen) atoms. The van der Waals surface area contributed by atoms with Gasteiger partial charge in [-0.15, -0.1) is 0 Å². The Labute approximate surface area is 133 Å². The summed E-state index contributed by atoms with van der Waals surface area (Å²) < 4.78 is 5.25. The molecule has 1 N–H and O–H groups in total. The molecular formula is C18H28N2O2. The largest absolute Gasteiger partial charge is 0.469 e. The lowest BCUT2D eigenvalue weighted by molar-refractivity contribution is 0.0326. The van der Waals surface area contributed by atoms with Gasteiger partial charge in [0.05, 0.1) is 11.8 Å². The van der Waals surface area contributed by atoms with Gasteiger partial charge in [0.1, 0.15) is 5.76 Å². The Kier molecular flexibility index (Phi) is 4.87. The number of likely N-dealkylation sites (tertiary alicyclic amines) is 1. The Bertz CT molecular complexity index is 497. The van der Waals surface area contributed by atoms with Crippen LogP contribution in [0.15, 0.2) is 16.7 Å². The van der Waals surface area contributed by atoms with Crippen LogP contribution in [0, 0.1) is 6.92 Å². The fourth-order valence-electron chi connectivity index (χ4n) is 4.14. The van der Waals surface area contributed by atoms with E-state index in [1.165, 1.54) is 64.5 Å². The van der Waals surface area contributed by atoms with E-state index in [-0.39, 0.29) is 11.4 Å². The van der Waals surface area contributed by atoms with Crippen molar-refractivity contribution in [2.75, 3.05) is 19.6 Å². The van der Waals surface area contributed by atoms with Crippen LogP contribution < -0.4 is 5.32 Å². The van der Waals surface area contributed by atoms with Crippen molar-refractivity contribution in [3.05, 3.63) is 23.7 Å². The second kappa shape index (κ2) is 6.86. The molecule has 1 amide bonds. The molecule has 4 nitrogen and oxygen atoms in total. The van der Waals surface area contributed by atoms with E-state index in [9.17, 15) is 4.79 Å². The number of carbonyl (C=O) groups excluding carboxylic acids is 1. The van der Waals surface area contributed by atoms with Gasteiger partial charge in [0.25, 0.3) is 5.91 Å². The lowest BCUT2D eigenvalue weighted by atomic mass is 9.79. The first-order valence-corrected chi connectivity index (χ1v) is 8.79. The maximum Gasteiger partial charge on any atom is 0.254 e. The Morgan fingerprint density at radius 2 is 1.86 bits per heavy atom. The molecule has 4 heteroatoms. The van der Waals surface area contributed by atoms with Crippen molar-refractivity contribution in [1.82, 2.24) is 10.2 Å². The number of piperidine rings is 1. The number of furan rings is 1. The van der Waals surface area contributed by atoms with E-state index in [2.05, 4.69) is 10.2 Å². The van der Waals surface area contributed by atoms with Crippen LogP contribution in [0.2, 0.25) is 0 Å². The van der Waals surface area contributed by atoms with Crippen LogP contribution in [0.25, 0.3) is 0 Å².